The Labute approximate surface area is 176 Å². The molecule has 3 rings (SSSR count). The first-order chi connectivity index (χ1) is 14.7. The van der Waals surface area contributed by atoms with Gasteiger partial charge < -0.3 is 24.9 Å². The Morgan fingerprint density at radius 1 is 1.10 bits per heavy atom. The Kier molecular flexibility index (Phi) is 8.44. The maximum atomic E-state index is 10.2. The highest BCUT2D eigenvalue weighted by Gasteiger charge is 2.08. The van der Waals surface area contributed by atoms with Crippen molar-refractivity contribution in [3.63, 3.8) is 0 Å². The Balaban J connectivity index is 1.45. The van der Waals surface area contributed by atoms with Gasteiger partial charge in [0.2, 0.25) is 5.89 Å². The zero-order valence-corrected chi connectivity index (χ0v) is 17.1. The normalized spacial score (nSPS) is 12.5. The molecule has 1 unspecified atom stereocenters. The molecular formula is C23H28N4O3. The zero-order chi connectivity index (χ0) is 21.0. The first-order valence-electron chi connectivity index (χ1n) is 10.1. The number of benzene rings is 2. The Bertz CT molecular complexity index is 897. The molecule has 1 aromatic heterocycles. The summed E-state index contributed by atoms with van der Waals surface area (Å²) in [6.07, 6.45) is 0.969. The standard InChI is InChI=1S/C23H28N4O3/c1-2-24-23(26-14-21(28)17-29-15-18-9-5-3-6-10-18)25-13-20-16-30-22(27-20)19-11-7-4-8-12-19/h3-12,16,21,28H,2,13-15,17H2,1H3,(H2,24,25,26). The predicted octanol–water partition coefficient (Wildman–Crippen LogP) is 2.97. The van der Waals surface area contributed by atoms with Gasteiger partial charge in [-0.3, -0.25) is 0 Å². The quantitative estimate of drug-likeness (QED) is 0.353. The van der Waals surface area contributed by atoms with Crippen molar-refractivity contribution >= 4 is 5.96 Å². The summed E-state index contributed by atoms with van der Waals surface area (Å²) in [4.78, 5) is 8.99. The van der Waals surface area contributed by atoms with Gasteiger partial charge in [0.25, 0.3) is 0 Å². The van der Waals surface area contributed by atoms with Crippen LogP contribution in [0.3, 0.4) is 0 Å². The number of ether oxygens (including phenoxy) is 1. The number of hydrogen-bond donors (Lipinski definition) is 3. The van der Waals surface area contributed by atoms with Crippen molar-refractivity contribution < 1.29 is 14.3 Å². The van der Waals surface area contributed by atoms with Crippen LogP contribution in [0.15, 0.2) is 76.3 Å². The number of oxazole rings is 1. The number of guanidine groups is 1. The second kappa shape index (κ2) is 11.7. The smallest absolute Gasteiger partial charge is 0.226 e. The Hall–Kier alpha value is -3.16. The van der Waals surface area contributed by atoms with Crippen molar-refractivity contribution in [2.45, 2.75) is 26.2 Å². The first kappa shape index (κ1) is 21.5. The van der Waals surface area contributed by atoms with Crippen molar-refractivity contribution in [1.82, 2.24) is 15.6 Å². The van der Waals surface area contributed by atoms with Crippen LogP contribution in [0.5, 0.6) is 0 Å². The molecule has 30 heavy (non-hydrogen) atoms. The SMILES string of the molecule is CCNC(=NCc1coc(-c2ccccc2)n1)NCC(O)COCc1ccccc1. The summed E-state index contributed by atoms with van der Waals surface area (Å²) in [6, 6.07) is 19.6. The monoisotopic (exact) mass is 408 g/mol. The number of rotatable bonds is 10. The Morgan fingerprint density at radius 3 is 2.57 bits per heavy atom. The number of aliphatic hydroxyl groups excluding tert-OH is 1. The molecule has 7 nitrogen and oxygen atoms in total. The van der Waals surface area contributed by atoms with Crippen LogP contribution in [0.4, 0.5) is 0 Å². The molecule has 3 N–H and O–H groups in total. The molecule has 0 radical (unpaired) electrons. The second-order valence-electron chi connectivity index (χ2n) is 6.74. The summed E-state index contributed by atoms with van der Waals surface area (Å²) in [5, 5.41) is 16.4. The van der Waals surface area contributed by atoms with Gasteiger partial charge in [-0.05, 0) is 24.6 Å². The van der Waals surface area contributed by atoms with Crippen molar-refractivity contribution in [1.29, 1.82) is 0 Å². The zero-order valence-electron chi connectivity index (χ0n) is 17.1. The lowest BCUT2D eigenvalue weighted by atomic mass is 10.2. The lowest BCUT2D eigenvalue weighted by molar-refractivity contribution is 0.0308. The molecule has 0 aliphatic carbocycles. The highest BCUT2D eigenvalue weighted by Crippen LogP contribution is 2.18. The Morgan fingerprint density at radius 2 is 1.83 bits per heavy atom. The van der Waals surface area contributed by atoms with E-state index in [2.05, 4.69) is 20.6 Å². The van der Waals surface area contributed by atoms with E-state index in [9.17, 15) is 5.11 Å². The van der Waals surface area contributed by atoms with Crippen LogP contribution in [0, 0.1) is 0 Å². The van der Waals surface area contributed by atoms with Crippen LogP contribution < -0.4 is 10.6 Å². The number of hydrogen-bond acceptors (Lipinski definition) is 5. The summed E-state index contributed by atoms with van der Waals surface area (Å²) in [7, 11) is 0. The van der Waals surface area contributed by atoms with Gasteiger partial charge in [-0.25, -0.2) is 9.98 Å². The van der Waals surface area contributed by atoms with Crippen LogP contribution in [-0.4, -0.2) is 41.9 Å². The van der Waals surface area contributed by atoms with Crippen LogP contribution >= 0.6 is 0 Å². The molecule has 0 aliphatic heterocycles. The average Bonchev–Trinajstić information content (AvgIpc) is 3.26. The van der Waals surface area contributed by atoms with Gasteiger partial charge in [0.1, 0.15) is 12.0 Å². The minimum absolute atomic E-state index is 0.241. The van der Waals surface area contributed by atoms with E-state index in [1.54, 1.807) is 6.26 Å². The number of aromatic nitrogens is 1. The molecule has 0 saturated heterocycles. The predicted molar refractivity (Wildman–Crippen MR) is 117 cm³/mol. The van der Waals surface area contributed by atoms with Gasteiger partial charge in [0.05, 0.1) is 25.9 Å². The van der Waals surface area contributed by atoms with E-state index in [0.717, 1.165) is 16.8 Å². The van der Waals surface area contributed by atoms with Crippen LogP contribution in [-0.2, 0) is 17.9 Å². The van der Waals surface area contributed by atoms with Gasteiger partial charge in [-0.15, -0.1) is 0 Å². The van der Waals surface area contributed by atoms with Gasteiger partial charge in [0.15, 0.2) is 5.96 Å². The summed E-state index contributed by atoms with van der Waals surface area (Å²) >= 11 is 0. The molecule has 1 atom stereocenters. The van der Waals surface area contributed by atoms with E-state index in [1.807, 2.05) is 67.6 Å². The van der Waals surface area contributed by atoms with E-state index in [-0.39, 0.29) is 6.61 Å². The van der Waals surface area contributed by atoms with Gasteiger partial charge in [0, 0.05) is 18.7 Å². The molecule has 0 aliphatic rings. The molecule has 0 spiro atoms. The fraction of sp³-hybridized carbons (Fsp3) is 0.304. The van der Waals surface area contributed by atoms with E-state index in [1.165, 1.54) is 0 Å². The summed E-state index contributed by atoms with van der Waals surface area (Å²) < 4.78 is 11.1. The van der Waals surface area contributed by atoms with Crippen molar-refractivity contribution in [2.24, 2.45) is 4.99 Å². The molecule has 1 heterocycles. The van der Waals surface area contributed by atoms with E-state index in [4.69, 9.17) is 9.15 Å². The minimum atomic E-state index is -0.644. The fourth-order valence-corrected chi connectivity index (χ4v) is 2.76. The second-order valence-corrected chi connectivity index (χ2v) is 6.74. The number of nitrogens with one attached hydrogen (secondary N) is 2. The summed E-state index contributed by atoms with van der Waals surface area (Å²) in [5.74, 6) is 1.17. The molecule has 0 amide bonds. The molecule has 158 valence electrons. The average molecular weight is 409 g/mol. The van der Waals surface area contributed by atoms with E-state index in [0.29, 0.717) is 38.1 Å². The highest BCUT2D eigenvalue weighted by atomic mass is 16.5. The van der Waals surface area contributed by atoms with Crippen LogP contribution in [0.25, 0.3) is 11.5 Å². The molecule has 2 aromatic carbocycles. The maximum Gasteiger partial charge on any atom is 0.226 e. The van der Waals surface area contributed by atoms with E-state index >= 15 is 0 Å². The summed E-state index contributed by atoms with van der Waals surface area (Å²) in [6.45, 7) is 4.11. The van der Waals surface area contributed by atoms with Gasteiger partial charge >= 0.3 is 0 Å². The lowest BCUT2D eigenvalue weighted by Gasteiger charge is -2.15. The highest BCUT2D eigenvalue weighted by molar-refractivity contribution is 5.79. The van der Waals surface area contributed by atoms with Crippen LogP contribution in [0.1, 0.15) is 18.2 Å². The number of aliphatic imine (C=N–C) groups is 1. The van der Waals surface area contributed by atoms with E-state index < -0.39 is 6.10 Å². The van der Waals surface area contributed by atoms with Crippen molar-refractivity contribution in [3.8, 4) is 11.5 Å². The molecule has 3 aromatic rings. The molecular weight excluding hydrogens is 380 g/mol. The third-order valence-electron chi connectivity index (χ3n) is 4.24. The molecule has 7 heteroatoms. The minimum Gasteiger partial charge on any atom is -0.444 e. The first-order valence-corrected chi connectivity index (χ1v) is 10.1. The van der Waals surface area contributed by atoms with Gasteiger partial charge in [-0.1, -0.05) is 48.5 Å². The molecule has 0 fully saturated rings. The van der Waals surface area contributed by atoms with Crippen LogP contribution in [0.2, 0.25) is 0 Å². The number of aliphatic hydroxyl groups is 1. The third-order valence-corrected chi connectivity index (χ3v) is 4.24. The molecule has 0 bridgehead atoms. The number of nitrogens with zero attached hydrogens (tertiary/aromatic N) is 2. The maximum absolute atomic E-state index is 10.2. The van der Waals surface area contributed by atoms with Crippen molar-refractivity contribution in [3.05, 3.63) is 78.2 Å². The third kappa shape index (κ3) is 7.02. The summed E-state index contributed by atoms with van der Waals surface area (Å²) in [5.41, 5.74) is 2.74. The van der Waals surface area contributed by atoms with Gasteiger partial charge in [-0.2, -0.15) is 0 Å². The lowest BCUT2D eigenvalue weighted by Crippen LogP contribution is -2.42. The topological polar surface area (TPSA) is 91.9 Å². The molecule has 0 saturated carbocycles. The largest absolute Gasteiger partial charge is 0.444 e. The van der Waals surface area contributed by atoms with Crippen molar-refractivity contribution in [2.75, 3.05) is 19.7 Å². The fourth-order valence-electron chi connectivity index (χ4n) is 2.76.